The standard InChI is InChI=1S/C26H19NOS/c1-15(2)16-10-11-27-22(12-16)19-8-5-7-18-20-13-21-17-6-3-4-9-24(17)29-25(21)14-23(20)28-26(18)19/h3-15H,1-2H3. The van der Waals surface area contributed by atoms with E-state index in [4.69, 9.17) is 4.42 Å². The van der Waals surface area contributed by atoms with Crippen LogP contribution in [0.25, 0.3) is 53.4 Å². The van der Waals surface area contributed by atoms with Crippen molar-refractivity contribution in [3.05, 3.63) is 78.5 Å². The number of fused-ring (bicyclic) bond motifs is 6. The quantitative estimate of drug-likeness (QED) is 0.297. The number of aromatic nitrogens is 1. The minimum atomic E-state index is 0.465. The molecule has 0 aliphatic rings. The van der Waals surface area contributed by atoms with Crippen LogP contribution in [-0.2, 0) is 0 Å². The Labute approximate surface area is 172 Å². The first kappa shape index (κ1) is 16.8. The lowest BCUT2D eigenvalue weighted by atomic mass is 10.0. The number of hydrogen-bond acceptors (Lipinski definition) is 3. The highest BCUT2D eigenvalue weighted by atomic mass is 32.1. The molecule has 3 aromatic heterocycles. The fourth-order valence-corrected chi connectivity index (χ4v) is 5.29. The SMILES string of the molecule is CC(C)c1ccnc(-c2cccc3c2oc2cc4sc5ccccc5c4cc23)c1. The molecule has 0 spiro atoms. The first-order valence-corrected chi connectivity index (χ1v) is 10.7. The van der Waals surface area contributed by atoms with Gasteiger partial charge in [0.2, 0.25) is 0 Å². The average Bonchev–Trinajstić information content (AvgIpc) is 3.29. The van der Waals surface area contributed by atoms with Gasteiger partial charge >= 0.3 is 0 Å². The van der Waals surface area contributed by atoms with Crippen LogP contribution in [0.1, 0.15) is 25.3 Å². The maximum Gasteiger partial charge on any atom is 0.144 e. The second-order valence-electron chi connectivity index (χ2n) is 7.86. The van der Waals surface area contributed by atoms with Crippen molar-refractivity contribution in [1.82, 2.24) is 4.98 Å². The lowest BCUT2D eigenvalue weighted by Crippen LogP contribution is -1.90. The lowest BCUT2D eigenvalue weighted by Gasteiger charge is -2.07. The average molecular weight is 394 g/mol. The Morgan fingerprint density at radius 1 is 0.793 bits per heavy atom. The number of pyridine rings is 1. The molecule has 6 aromatic rings. The molecule has 29 heavy (non-hydrogen) atoms. The van der Waals surface area contributed by atoms with Gasteiger partial charge in [-0.2, -0.15) is 0 Å². The monoisotopic (exact) mass is 393 g/mol. The smallest absolute Gasteiger partial charge is 0.144 e. The molecule has 3 heteroatoms. The van der Waals surface area contributed by atoms with Crippen LogP contribution in [-0.4, -0.2) is 4.98 Å². The number of furan rings is 1. The molecule has 6 rings (SSSR count). The van der Waals surface area contributed by atoms with E-state index in [-0.39, 0.29) is 0 Å². The second kappa shape index (κ2) is 6.16. The van der Waals surface area contributed by atoms with Crippen LogP contribution in [0.4, 0.5) is 0 Å². The molecule has 0 unspecified atom stereocenters. The Morgan fingerprint density at radius 2 is 1.66 bits per heavy atom. The largest absolute Gasteiger partial charge is 0.455 e. The molecule has 0 N–H and O–H groups in total. The van der Waals surface area contributed by atoms with Gasteiger partial charge in [0.25, 0.3) is 0 Å². The maximum atomic E-state index is 6.41. The lowest BCUT2D eigenvalue weighted by molar-refractivity contribution is 0.670. The Kier molecular flexibility index (Phi) is 3.56. The van der Waals surface area contributed by atoms with Crippen LogP contribution in [0, 0.1) is 0 Å². The van der Waals surface area contributed by atoms with Crippen LogP contribution in [0.15, 0.2) is 77.3 Å². The van der Waals surface area contributed by atoms with Gasteiger partial charge in [0, 0.05) is 42.7 Å². The van der Waals surface area contributed by atoms with Crippen LogP contribution in [0.2, 0.25) is 0 Å². The molecule has 0 atom stereocenters. The highest BCUT2D eigenvalue weighted by molar-refractivity contribution is 7.25. The van der Waals surface area contributed by atoms with Crippen LogP contribution >= 0.6 is 11.3 Å². The van der Waals surface area contributed by atoms with Crippen molar-refractivity contribution in [3.8, 4) is 11.3 Å². The maximum absolute atomic E-state index is 6.41. The normalized spacial score (nSPS) is 12.1. The fourth-order valence-electron chi connectivity index (χ4n) is 4.17. The molecule has 3 aromatic carbocycles. The van der Waals surface area contributed by atoms with Gasteiger partial charge in [0.15, 0.2) is 0 Å². The molecule has 0 bridgehead atoms. The first-order chi connectivity index (χ1) is 14.2. The minimum Gasteiger partial charge on any atom is -0.455 e. The first-order valence-electron chi connectivity index (χ1n) is 9.92. The summed E-state index contributed by atoms with van der Waals surface area (Å²) in [6.07, 6.45) is 1.90. The highest BCUT2D eigenvalue weighted by Crippen LogP contribution is 2.41. The summed E-state index contributed by atoms with van der Waals surface area (Å²) in [5.74, 6) is 0.465. The van der Waals surface area contributed by atoms with Gasteiger partial charge in [-0.25, -0.2) is 0 Å². The van der Waals surface area contributed by atoms with Crippen molar-refractivity contribution in [2.24, 2.45) is 0 Å². The molecule has 0 aliphatic carbocycles. The topological polar surface area (TPSA) is 26.0 Å². The van der Waals surface area contributed by atoms with Crippen molar-refractivity contribution >= 4 is 53.4 Å². The van der Waals surface area contributed by atoms with Crippen LogP contribution in [0.5, 0.6) is 0 Å². The summed E-state index contributed by atoms with van der Waals surface area (Å²) in [5.41, 5.74) is 5.15. The van der Waals surface area contributed by atoms with E-state index < -0.39 is 0 Å². The summed E-state index contributed by atoms with van der Waals surface area (Å²) in [5, 5.41) is 4.92. The zero-order valence-electron chi connectivity index (χ0n) is 16.3. The van der Waals surface area contributed by atoms with E-state index in [0.29, 0.717) is 5.92 Å². The molecular weight excluding hydrogens is 374 g/mol. The predicted molar refractivity (Wildman–Crippen MR) is 124 cm³/mol. The summed E-state index contributed by atoms with van der Waals surface area (Å²) < 4.78 is 8.99. The molecule has 0 saturated carbocycles. The van der Waals surface area contributed by atoms with Crippen molar-refractivity contribution in [1.29, 1.82) is 0 Å². The van der Waals surface area contributed by atoms with E-state index in [2.05, 4.69) is 85.6 Å². The van der Waals surface area contributed by atoms with E-state index in [1.165, 1.54) is 25.7 Å². The molecule has 0 aliphatic heterocycles. The summed E-state index contributed by atoms with van der Waals surface area (Å²) in [6.45, 7) is 4.41. The van der Waals surface area contributed by atoms with E-state index in [1.807, 2.05) is 17.5 Å². The molecule has 3 heterocycles. The van der Waals surface area contributed by atoms with Crippen molar-refractivity contribution in [3.63, 3.8) is 0 Å². The summed E-state index contributed by atoms with van der Waals surface area (Å²) in [6, 6.07) is 23.7. The molecule has 0 radical (unpaired) electrons. The van der Waals surface area contributed by atoms with E-state index >= 15 is 0 Å². The summed E-state index contributed by atoms with van der Waals surface area (Å²) in [4.78, 5) is 4.64. The molecule has 0 saturated heterocycles. The second-order valence-corrected chi connectivity index (χ2v) is 8.94. The zero-order chi connectivity index (χ0) is 19.5. The van der Waals surface area contributed by atoms with Gasteiger partial charge in [-0.3, -0.25) is 4.98 Å². The van der Waals surface area contributed by atoms with Gasteiger partial charge in [-0.15, -0.1) is 11.3 Å². The van der Waals surface area contributed by atoms with Crippen molar-refractivity contribution in [2.75, 3.05) is 0 Å². The Bertz CT molecular complexity index is 1540. The molecule has 0 fully saturated rings. The Morgan fingerprint density at radius 3 is 2.55 bits per heavy atom. The van der Waals surface area contributed by atoms with Gasteiger partial charge in [-0.05, 0) is 47.9 Å². The van der Waals surface area contributed by atoms with Gasteiger partial charge in [0.05, 0.1) is 5.69 Å². The third-order valence-electron chi connectivity index (χ3n) is 5.72. The van der Waals surface area contributed by atoms with E-state index in [0.717, 1.165) is 33.2 Å². The number of rotatable bonds is 2. The van der Waals surface area contributed by atoms with Gasteiger partial charge in [-0.1, -0.05) is 44.2 Å². The fraction of sp³-hybridized carbons (Fsp3) is 0.115. The molecule has 0 amide bonds. The molecular formula is C26H19NOS. The van der Waals surface area contributed by atoms with Crippen molar-refractivity contribution in [2.45, 2.75) is 19.8 Å². The van der Waals surface area contributed by atoms with Crippen LogP contribution < -0.4 is 0 Å². The molecule has 140 valence electrons. The van der Waals surface area contributed by atoms with Crippen LogP contribution in [0.3, 0.4) is 0 Å². The number of hydrogen-bond donors (Lipinski definition) is 0. The highest BCUT2D eigenvalue weighted by Gasteiger charge is 2.16. The third kappa shape index (κ3) is 2.51. The Hall–Kier alpha value is -3.17. The third-order valence-corrected chi connectivity index (χ3v) is 6.86. The predicted octanol–water partition coefficient (Wildman–Crippen LogP) is 8.14. The summed E-state index contributed by atoms with van der Waals surface area (Å²) >= 11 is 1.82. The number of para-hydroxylation sites is 1. The number of thiophene rings is 1. The van der Waals surface area contributed by atoms with Crippen molar-refractivity contribution < 1.29 is 4.42 Å². The summed E-state index contributed by atoms with van der Waals surface area (Å²) in [7, 11) is 0. The van der Waals surface area contributed by atoms with Gasteiger partial charge in [0.1, 0.15) is 11.2 Å². The Balaban J connectivity index is 1.65. The number of nitrogens with zero attached hydrogens (tertiary/aromatic N) is 1. The minimum absolute atomic E-state index is 0.465. The number of benzene rings is 3. The van der Waals surface area contributed by atoms with Gasteiger partial charge < -0.3 is 4.42 Å². The molecule has 2 nitrogen and oxygen atoms in total. The van der Waals surface area contributed by atoms with E-state index in [1.54, 1.807) is 0 Å². The zero-order valence-corrected chi connectivity index (χ0v) is 17.1. The van der Waals surface area contributed by atoms with E-state index in [9.17, 15) is 0 Å².